The topological polar surface area (TPSA) is 15.3 Å². The van der Waals surface area contributed by atoms with E-state index in [4.69, 9.17) is 11.6 Å². The average molecular weight is 287 g/mol. The van der Waals surface area contributed by atoms with Crippen LogP contribution in [0.2, 0.25) is 5.02 Å². The maximum atomic E-state index is 6.24. The van der Waals surface area contributed by atoms with E-state index >= 15 is 0 Å². The van der Waals surface area contributed by atoms with E-state index in [1.54, 1.807) is 0 Å². The van der Waals surface area contributed by atoms with Crippen molar-refractivity contribution >= 4 is 11.6 Å². The van der Waals surface area contributed by atoms with Gasteiger partial charge in [-0.25, -0.2) is 0 Å². The number of hydrogen-bond donors (Lipinski definition) is 1. The van der Waals surface area contributed by atoms with Gasteiger partial charge in [0.05, 0.1) is 0 Å². The van der Waals surface area contributed by atoms with Gasteiger partial charge < -0.3 is 5.32 Å². The van der Waals surface area contributed by atoms with E-state index < -0.39 is 0 Å². The largest absolute Gasteiger partial charge is 0.314 e. The van der Waals surface area contributed by atoms with Crippen LogP contribution in [0.15, 0.2) is 48.5 Å². The molecule has 1 saturated heterocycles. The zero-order chi connectivity index (χ0) is 13.8. The van der Waals surface area contributed by atoms with E-state index in [0.717, 1.165) is 43.3 Å². The zero-order valence-electron chi connectivity index (χ0n) is 11.5. The number of hydrogen-bond acceptors (Lipinski definition) is 2. The molecule has 2 aromatic carbocycles. The van der Waals surface area contributed by atoms with Crippen molar-refractivity contribution in [3.63, 3.8) is 0 Å². The third-order valence-corrected chi connectivity index (χ3v) is 4.08. The molecule has 1 aliphatic heterocycles. The first-order valence-corrected chi connectivity index (χ1v) is 7.48. The quantitative estimate of drug-likeness (QED) is 0.930. The number of nitrogens with one attached hydrogen (secondary N) is 1. The number of halogens is 1. The lowest BCUT2D eigenvalue weighted by Crippen LogP contribution is -2.42. The van der Waals surface area contributed by atoms with Gasteiger partial charge in [0.15, 0.2) is 0 Å². The van der Waals surface area contributed by atoms with Crippen molar-refractivity contribution in [2.75, 3.05) is 26.2 Å². The van der Waals surface area contributed by atoms with E-state index in [9.17, 15) is 0 Å². The van der Waals surface area contributed by atoms with Gasteiger partial charge in [0.1, 0.15) is 0 Å². The fourth-order valence-electron chi connectivity index (χ4n) is 2.61. The first kappa shape index (κ1) is 13.6. The Morgan fingerprint density at radius 3 is 2.35 bits per heavy atom. The molecule has 0 radical (unpaired) electrons. The van der Waals surface area contributed by atoms with Crippen molar-refractivity contribution in [2.45, 2.75) is 6.54 Å². The molecule has 3 rings (SSSR count). The molecule has 0 aromatic heterocycles. The van der Waals surface area contributed by atoms with Crippen LogP contribution in [0.1, 0.15) is 5.56 Å². The molecule has 0 aliphatic carbocycles. The van der Waals surface area contributed by atoms with Gasteiger partial charge in [-0.05, 0) is 17.2 Å². The molecule has 104 valence electrons. The molecule has 1 fully saturated rings. The Bertz CT molecular complexity index is 559. The highest BCUT2D eigenvalue weighted by Crippen LogP contribution is 2.27. The minimum Gasteiger partial charge on any atom is -0.314 e. The van der Waals surface area contributed by atoms with E-state index in [-0.39, 0.29) is 0 Å². The summed E-state index contributed by atoms with van der Waals surface area (Å²) in [5.41, 5.74) is 3.64. The lowest BCUT2D eigenvalue weighted by Gasteiger charge is -2.27. The minimum atomic E-state index is 0.808. The van der Waals surface area contributed by atoms with Crippen molar-refractivity contribution in [1.82, 2.24) is 10.2 Å². The summed E-state index contributed by atoms with van der Waals surface area (Å²) in [5, 5.41) is 4.19. The molecule has 0 amide bonds. The molecule has 0 atom stereocenters. The molecule has 1 heterocycles. The molecule has 0 saturated carbocycles. The third-order valence-electron chi connectivity index (χ3n) is 3.75. The second-order valence-electron chi connectivity index (χ2n) is 5.20. The molecule has 3 heteroatoms. The SMILES string of the molecule is Clc1ccccc1-c1ccc(CN2CCNCC2)cc1. The van der Waals surface area contributed by atoms with Crippen LogP contribution in [0.5, 0.6) is 0 Å². The van der Waals surface area contributed by atoms with Gasteiger partial charge in [-0.15, -0.1) is 0 Å². The van der Waals surface area contributed by atoms with Crippen molar-refractivity contribution in [3.05, 3.63) is 59.1 Å². The van der Waals surface area contributed by atoms with Crippen LogP contribution in [0.3, 0.4) is 0 Å². The monoisotopic (exact) mass is 286 g/mol. The predicted molar refractivity (Wildman–Crippen MR) is 85.0 cm³/mol. The van der Waals surface area contributed by atoms with E-state index in [2.05, 4.69) is 40.5 Å². The van der Waals surface area contributed by atoms with Gasteiger partial charge in [-0.2, -0.15) is 0 Å². The summed E-state index contributed by atoms with van der Waals surface area (Å²) < 4.78 is 0. The highest BCUT2D eigenvalue weighted by Gasteiger charge is 2.10. The zero-order valence-corrected chi connectivity index (χ0v) is 12.2. The number of benzene rings is 2. The smallest absolute Gasteiger partial charge is 0.0484 e. The summed E-state index contributed by atoms with van der Waals surface area (Å²) >= 11 is 6.24. The molecular weight excluding hydrogens is 268 g/mol. The van der Waals surface area contributed by atoms with Crippen LogP contribution in [0.25, 0.3) is 11.1 Å². The summed E-state index contributed by atoms with van der Waals surface area (Å²) in [6.07, 6.45) is 0. The van der Waals surface area contributed by atoms with Gasteiger partial charge in [0.25, 0.3) is 0 Å². The molecule has 2 nitrogen and oxygen atoms in total. The number of nitrogens with zero attached hydrogens (tertiary/aromatic N) is 1. The molecular formula is C17H19ClN2. The summed E-state index contributed by atoms with van der Waals surface area (Å²) in [5.74, 6) is 0. The molecule has 20 heavy (non-hydrogen) atoms. The molecule has 1 aliphatic rings. The Hall–Kier alpha value is -1.35. The second kappa shape index (κ2) is 6.40. The second-order valence-corrected chi connectivity index (χ2v) is 5.61. The van der Waals surface area contributed by atoms with Crippen LogP contribution in [0.4, 0.5) is 0 Å². The van der Waals surface area contributed by atoms with Crippen molar-refractivity contribution < 1.29 is 0 Å². The Kier molecular flexibility index (Phi) is 4.36. The van der Waals surface area contributed by atoms with E-state index in [0.29, 0.717) is 0 Å². The summed E-state index contributed by atoms with van der Waals surface area (Å²) in [4.78, 5) is 2.49. The predicted octanol–water partition coefficient (Wildman–Crippen LogP) is 3.41. The van der Waals surface area contributed by atoms with Crippen LogP contribution >= 0.6 is 11.6 Å². The number of piperazine rings is 1. The molecule has 0 bridgehead atoms. The molecule has 0 unspecified atom stereocenters. The lowest BCUT2D eigenvalue weighted by molar-refractivity contribution is 0.233. The van der Waals surface area contributed by atoms with Crippen LogP contribution in [-0.2, 0) is 6.54 Å². The summed E-state index contributed by atoms with van der Waals surface area (Å²) in [6, 6.07) is 16.7. The summed E-state index contributed by atoms with van der Waals surface area (Å²) in [6.45, 7) is 5.48. The van der Waals surface area contributed by atoms with Crippen molar-refractivity contribution in [3.8, 4) is 11.1 Å². The fraction of sp³-hybridized carbons (Fsp3) is 0.294. The third kappa shape index (κ3) is 3.21. The Morgan fingerprint density at radius 2 is 1.65 bits per heavy atom. The average Bonchev–Trinajstić information content (AvgIpc) is 2.50. The lowest BCUT2D eigenvalue weighted by atomic mass is 10.0. The Balaban J connectivity index is 1.73. The first-order valence-electron chi connectivity index (χ1n) is 7.10. The molecule has 0 spiro atoms. The van der Waals surface area contributed by atoms with E-state index in [1.807, 2.05) is 18.2 Å². The van der Waals surface area contributed by atoms with E-state index in [1.165, 1.54) is 11.1 Å². The van der Waals surface area contributed by atoms with Crippen LogP contribution in [-0.4, -0.2) is 31.1 Å². The standard InChI is InChI=1S/C17H19ClN2/c18-17-4-2-1-3-16(17)15-7-5-14(6-8-15)13-20-11-9-19-10-12-20/h1-8,19H,9-13H2. The van der Waals surface area contributed by atoms with Gasteiger partial charge >= 0.3 is 0 Å². The Morgan fingerprint density at radius 1 is 0.950 bits per heavy atom. The summed E-state index contributed by atoms with van der Waals surface area (Å²) in [7, 11) is 0. The van der Waals surface area contributed by atoms with Gasteiger partial charge in [-0.1, -0.05) is 54.1 Å². The van der Waals surface area contributed by atoms with Crippen molar-refractivity contribution in [1.29, 1.82) is 0 Å². The maximum absolute atomic E-state index is 6.24. The molecule has 2 aromatic rings. The Labute approximate surface area is 125 Å². The van der Waals surface area contributed by atoms with Gasteiger partial charge in [0.2, 0.25) is 0 Å². The maximum Gasteiger partial charge on any atom is 0.0484 e. The molecule has 1 N–H and O–H groups in total. The van der Waals surface area contributed by atoms with Crippen molar-refractivity contribution in [2.24, 2.45) is 0 Å². The number of rotatable bonds is 3. The first-order chi connectivity index (χ1) is 9.83. The highest BCUT2D eigenvalue weighted by molar-refractivity contribution is 6.33. The normalized spacial score (nSPS) is 16.2. The minimum absolute atomic E-state index is 0.808. The fourth-order valence-corrected chi connectivity index (χ4v) is 2.86. The van der Waals surface area contributed by atoms with Gasteiger partial charge in [0, 0.05) is 43.3 Å². The van der Waals surface area contributed by atoms with Crippen LogP contribution in [0, 0.1) is 0 Å². The highest BCUT2D eigenvalue weighted by atomic mass is 35.5. The van der Waals surface area contributed by atoms with Gasteiger partial charge in [-0.3, -0.25) is 4.90 Å². The van der Waals surface area contributed by atoms with Crippen LogP contribution < -0.4 is 5.32 Å².